The van der Waals surface area contributed by atoms with Crippen molar-refractivity contribution in [3.05, 3.63) is 15.6 Å². The summed E-state index contributed by atoms with van der Waals surface area (Å²) < 4.78 is 0. The number of hydrogen-bond acceptors (Lipinski definition) is 5. The molecule has 1 aromatic rings. The van der Waals surface area contributed by atoms with Crippen LogP contribution in [0.15, 0.2) is 0 Å². The lowest BCUT2D eigenvalue weighted by Crippen LogP contribution is -2.21. The van der Waals surface area contributed by atoms with Crippen molar-refractivity contribution < 1.29 is 0 Å². The van der Waals surface area contributed by atoms with Gasteiger partial charge in [-0.25, -0.2) is 4.98 Å². The number of nitrogens with zero attached hydrogens (tertiary/aromatic N) is 1. The maximum atomic E-state index is 5.07. The highest BCUT2D eigenvalue weighted by atomic mass is 32.2. The molecule has 1 saturated heterocycles. The first-order valence-electron chi connectivity index (χ1n) is 7.61. The van der Waals surface area contributed by atoms with E-state index in [-0.39, 0.29) is 0 Å². The van der Waals surface area contributed by atoms with Crippen LogP contribution in [0.4, 0.5) is 0 Å². The number of thiazole rings is 1. The van der Waals surface area contributed by atoms with E-state index in [1.165, 1.54) is 39.9 Å². The third kappa shape index (κ3) is 3.54. The lowest BCUT2D eigenvalue weighted by Gasteiger charge is -2.25. The van der Waals surface area contributed by atoms with Gasteiger partial charge in [0.05, 0.1) is 10.9 Å². The van der Waals surface area contributed by atoms with Gasteiger partial charge in [-0.05, 0) is 12.8 Å². The topological polar surface area (TPSA) is 24.9 Å². The molecule has 1 aromatic heterocycles. The Kier molecular flexibility index (Phi) is 5.01. The Hall–Kier alpha value is 0.290. The second-order valence-electron chi connectivity index (χ2n) is 6.04. The summed E-state index contributed by atoms with van der Waals surface area (Å²) in [4.78, 5) is 6.57. The minimum absolute atomic E-state index is 0.547. The number of rotatable bonds is 5. The van der Waals surface area contributed by atoms with E-state index in [4.69, 9.17) is 4.98 Å². The number of thioether (sulfide) groups is 2. The van der Waals surface area contributed by atoms with Gasteiger partial charge in [0.25, 0.3) is 0 Å². The van der Waals surface area contributed by atoms with Gasteiger partial charge >= 0.3 is 0 Å². The van der Waals surface area contributed by atoms with Crippen molar-refractivity contribution >= 4 is 34.9 Å². The molecular formula is C15H24N2S3. The van der Waals surface area contributed by atoms with Crippen LogP contribution in [0, 0.1) is 0 Å². The van der Waals surface area contributed by atoms with Gasteiger partial charge in [-0.2, -0.15) is 11.8 Å². The molecule has 0 amide bonds. The highest BCUT2D eigenvalue weighted by molar-refractivity contribution is 8.06. The van der Waals surface area contributed by atoms with Crippen LogP contribution in [-0.2, 0) is 6.54 Å². The molecule has 2 nitrogen and oxygen atoms in total. The highest BCUT2D eigenvalue weighted by Crippen LogP contribution is 2.48. The quantitative estimate of drug-likeness (QED) is 0.864. The zero-order valence-electron chi connectivity index (χ0n) is 12.5. The van der Waals surface area contributed by atoms with E-state index in [1.54, 1.807) is 0 Å². The maximum absolute atomic E-state index is 5.07. The standard InChI is InChI=1S/C15H24N2S3/c1-9(2)16-8-12-13(11-4-5-11)17-15(20-12)14-10(3)18-6-7-19-14/h9-11,14,16H,4-8H2,1-3H3. The molecule has 2 fully saturated rings. The first kappa shape index (κ1) is 15.2. The van der Waals surface area contributed by atoms with E-state index in [9.17, 15) is 0 Å². The summed E-state index contributed by atoms with van der Waals surface area (Å²) in [5.41, 5.74) is 1.42. The predicted octanol–water partition coefficient (Wildman–Crippen LogP) is 4.43. The summed E-state index contributed by atoms with van der Waals surface area (Å²) in [7, 11) is 0. The zero-order chi connectivity index (χ0) is 14.1. The van der Waals surface area contributed by atoms with E-state index >= 15 is 0 Å². The molecule has 1 aliphatic heterocycles. The Morgan fingerprint density at radius 1 is 1.25 bits per heavy atom. The van der Waals surface area contributed by atoms with Crippen molar-refractivity contribution in [2.24, 2.45) is 0 Å². The van der Waals surface area contributed by atoms with Crippen LogP contribution in [-0.4, -0.2) is 27.8 Å². The smallest absolute Gasteiger partial charge is 0.107 e. The van der Waals surface area contributed by atoms with Crippen molar-refractivity contribution in [3.63, 3.8) is 0 Å². The molecule has 0 aromatic carbocycles. The molecule has 1 N–H and O–H groups in total. The summed E-state index contributed by atoms with van der Waals surface area (Å²) in [5, 5.41) is 6.28. The molecule has 2 unspecified atom stereocenters. The molecule has 0 bridgehead atoms. The Bertz CT molecular complexity index is 454. The van der Waals surface area contributed by atoms with E-state index in [0.717, 1.165) is 12.5 Å². The molecule has 2 atom stereocenters. The van der Waals surface area contributed by atoms with Crippen LogP contribution in [0.25, 0.3) is 0 Å². The highest BCUT2D eigenvalue weighted by Gasteiger charge is 2.33. The molecule has 2 aliphatic rings. The van der Waals surface area contributed by atoms with E-state index < -0.39 is 0 Å². The predicted molar refractivity (Wildman–Crippen MR) is 93.2 cm³/mol. The summed E-state index contributed by atoms with van der Waals surface area (Å²) in [6.07, 6.45) is 2.69. The molecule has 5 heteroatoms. The van der Waals surface area contributed by atoms with Gasteiger partial charge in [-0.3, -0.25) is 0 Å². The molecule has 112 valence electrons. The third-order valence-corrected chi connectivity index (χ3v) is 8.21. The largest absolute Gasteiger partial charge is 0.310 e. The SMILES string of the molecule is CC(C)NCc1sc(C2SCCSC2C)nc1C1CC1. The Balaban J connectivity index is 1.79. The normalized spacial score (nSPS) is 27.2. The van der Waals surface area contributed by atoms with Gasteiger partial charge in [-0.1, -0.05) is 20.8 Å². The van der Waals surface area contributed by atoms with Crippen LogP contribution in [0.3, 0.4) is 0 Å². The fourth-order valence-electron chi connectivity index (χ4n) is 2.51. The maximum Gasteiger partial charge on any atom is 0.107 e. The Morgan fingerprint density at radius 3 is 2.65 bits per heavy atom. The van der Waals surface area contributed by atoms with Crippen molar-refractivity contribution in [1.82, 2.24) is 10.3 Å². The van der Waals surface area contributed by atoms with Crippen LogP contribution in [0.1, 0.15) is 60.4 Å². The summed E-state index contributed by atoms with van der Waals surface area (Å²) in [6.45, 7) is 7.80. The lowest BCUT2D eigenvalue weighted by atomic mass is 10.2. The fourth-order valence-corrected chi connectivity index (χ4v) is 6.77. The average molecular weight is 329 g/mol. The zero-order valence-corrected chi connectivity index (χ0v) is 15.0. The number of aromatic nitrogens is 1. The number of nitrogens with one attached hydrogen (secondary N) is 1. The first-order valence-corrected chi connectivity index (χ1v) is 10.5. The molecular weight excluding hydrogens is 304 g/mol. The Labute approximate surface area is 134 Å². The average Bonchev–Trinajstić information content (AvgIpc) is 3.18. The van der Waals surface area contributed by atoms with Gasteiger partial charge in [0.2, 0.25) is 0 Å². The summed E-state index contributed by atoms with van der Waals surface area (Å²) in [6, 6.07) is 0.547. The minimum atomic E-state index is 0.547. The summed E-state index contributed by atoms with van der Waals surface area (Å²) >= 11 is 6.19. The van der Waals surface area contributed by atoms with Gasteiger partial charge in [0, 0.05) is 40.1 Å². The van der Waals surface area contributed by atoms with Crippen LogP contribution in [0.5, 0.6) is 0 Å². The first-order chi connectivity index (χ1) is 9.65. The van der Waals surface area contributed by atoms with Gasteiger partial charge in [0.15, 0.2) is 0 Å². The minimum Gasteiger partial charge on any atom is -0.310 e. The third-order valence-electron chi connectivity index (χ3n) is 3.81. The molecule has 0 spiro atoms. The van der Waals surface area contributed by atoms with Crippen molar-refractivity contribution in [2.45, 2.75) is 62.6 Å². The second-order valence-corrected chi connectivity index (χ2v) is 9.89. The number of hydrogen-bond donors (Lipinski definition) is 1. The molecule has 3 rings (SSSR count). The van der Waals surface area contributed by atoms with E-state index in [1.807, 2.05) is 11.3 Å². The molecule has 1 aliphatic carbocycles. The van der Waals surface area contributed by atoms with Crippen molar-refractivity contribution in [2.75, 3.05) is 11.5 Å². The van der Waals surface area contributed by atoms with Gasteiger partial charge in [0.1, 0.15) is 5.01 Å². The molecule has 1 saturated carbocycles. The second kappa shape index (κ2) is 6.59. The van der Waals surface area contributed by atoms with Gasteiger partial charge < -0.3 is 5.32 Å². The summed E-state index contributed by atoms with van der Waals surface area (Å²) in [5.74, 6) is 3.34. The monoisotopic (exact) mass is 328 g/mol. The fraction of sp³-hybridized carbons (Fsp3) is 0.800. The lowest BCUT2D eigenvalue weighted by molar-refractivity contribution is 0.590. The molecule has 2 heterocycles. The van der Waals surface area contributed by atoms with Crippen LogP contribution in [0.2, 0.25) is 0 Å². The van der Waals surface area contributed by atoms with Crippen LogP contribution >= 0.6 is 34.9 Å². The van der Waals surface area contributed by atoms with Crippen molar-refractivity contribution in [3.8, 4) is 0 Å². The van der Waals surface area contributed by atoms with Crippen LogP contribution < -0.4 is 5.32 Å². The van der Waals surface area contributed by atoms with Crippen molar-refractivity contribution in [1.29, 1.82) is 0 Å². The Morgan fingerprint density at radius 2 is 2.00 bits per heavy atom. The molecule has 20 heavy (non-hydrogen) atoms. The van der Waals surface area contributed by atoms with E-state index in [0.29, 0.717) is 16.5 Å². The van der Waals surface area contributed by atoms with E-state index in [2.05, 4.69) is 49.6 Å². The molecule has 0 radical (unpaired) electrons. The van der Waals surface area contributed by atoms with Gasteiger partial charge in [-0.15, -0.1) is 23.1 Å².